The predicted octanol–water partition coefficient (Wildman–Crippen LogP) is 2.10. The van der Waals surface area contributed by atoms with Gasteiger partial charge in [-0.3, -0.25) is 9.67 Å². The summed E-state index contributed by atoms with van der Waals surface area (Å²) in [6.07, 6.45) is 0. The lowest BCUT2D eigenvalue weighted by atomic mass is 10.1. The molecule has 26 heavy (non-hydrogen) atoms. The Morgan fingerprint density at radius 3 is 2.50 bits per heavy atom. The van der Waals surface area contributed by atoms with E-state index in [1.807, 2.05) is 43.7 Å². The van der Waals surface area contributed by atoms with Gasteiger partial charge in [-0.1, -0.05) is 6.07 Å². The molecule has 2 N–H and O–H groups in total. The van der Waals surface area contributed by atoms with Gasteiger partial charge in [0.2, 0.25) is 0 Å². The van der Waals surface area contributed by atoms with Crippen molar-refractivity contribution in [3.05, 3.63) is 52.1 Å². The van der Waals surface area contributed by atoms with E-state index in [0.29, 0.717) is 31.2 Å². The van der Waals surface area contributed by atoms with Crippen LogP contribution in [0.15, 0.2) is 23.2 Å². The Kier molecular flexibility index (Phi) is 6.74. The first-order valence-corrected chi connectivity index (χ1v) is 8.67. The number of hydrogen-bond acceptors (Lipinski definition) is 3. The highest BCUT2D eigenvalue weighted by atomic mass is 19.1. The zero-order valence-corrected chi connectivity index (χ0v) is 16.5. The minimum atomic E-state index is -0.174. The third kappa shape index (κ3) is 5.05. The molecule has 0 aliphatic rings. The predicted molar refractivity (Wildman–Crippen MR) is 104 cm³/mol. The molecular weight excluding hydrogens is 331 g/mol. The summed E-state index contributed by atoms with van der Waals surface area (Å²) >= 11 is 0. The highest BCUT2D eigenvalue weighted by Gasteiger charge is 2.10. The number of halogens is 1. The second-order valence-electron chi connectivity index (χ2n) is 6.72. The van der Waals surface area contributed by atoms with Gasteiger partial charge in [-0.15, -0.1) is 0 Å². The molecule has 0 aliphatic carbocycles. The number of hydrogen-bond donors (Lipinski definition) is 2. The summed E-state index contributed by atoms with van der Waals surface area (Å²) in [7, 11) is 7.54. The van der Waals surface area contributed by atoms with E-state index in [4.69, 9.17) is 0 Å². The fourth-order valence-electron chi connectivity index (χ4n) is 2.85. The third-order valence-corrected chi connectivity index (χ3v) is 4.37. The molecule has 7 heteroatoms. The maximum atomic E-state index is 13.9. The number of aryl methyl sites for hydroxylation is 2. The zero-order chi connectivity index (χ0) is 19.3. The van der Waals surface area contributed by atoms with Crippen molar-refractivity contribution >= 4 is 5.96 Å². The van der Waals surface area contributed by atoms with Crippen molar-refractivity contribution in [1.82, 2.24) is 25.3 Å². The van der Waals surface area contributed by atoms with Gasteiger partial charge in [-0.25, -0.2) is 4.39 Å². The van der Waals surface area contributed by atoms with Crippen LogP contribution in [-0.2, 0) is 26.7 Å². The zero-order valence-electron chi connectivity index (χ0n) is 16.5. The van der Waals surface area contributed by atoms with Gasteiger partial charge in [0.25, 0.3) is 0 Å². The monoisotopic (exact) mass is 360 g/mol. The van der Waals surface area contributed by atoms with Crippen molar-refractivity contribution in [2.75, 3.05) is 21.1 Å². The molecule has 0 amide bonds. The molecule has 0 aliphatic heterocycles. The molecule has 0 saturated heterocycles. The summed E-state index contributed by atoms with van der Waals surface area (Å²) in [5, 5.41) is 11.0. The second-order valence-corrected chi connectivity index (χ2v) is 6.72. The van der Waals surface area contributed by atoms with Crippen LogP contribution in [-0.4, -0.2) is 41.8 Å². The van der Waals surface area contributed by atoms with E-state index < -0.39 is 0 Å². The van der Waals surface area contributed by atoms with Crippen LogP contribution < -0.4 is 10.6 Å². The Bertz CT molecular complexity index is 779. The third-order valence-electron chi connectivity index (χ3n) is 4.37. The van der Waals surface area contributed by atoms with Crippen LogP contribution in [0.3, 0.4) is 0 Å². The quantitative estimate of drug-likeness (QED) is 0.612. The first-order chi connectivity index (χ1) is 12.3. The van der Waals surface area contributed by atoms with Crippen molar-refractivity contribution in [3.8, 4) is 0 Å². The summed E-state index contributed by atoms with van der Waals surface area (Å²) in [5.41, 5.74) is 5.03. The van der Waals surface area contributed by atoms with Gasteiger partial charge in [0, 0.05) is 50.6 Å². The minimum absolute atomic E-state index is 0.174. The van der Waals surface area contributed by atoms with Crippen LogP contribution in [0, 0.1) is 19.7 Å². The Hall–Kier alpha value is -2.41. The van der Waals surface area contributed by atoms with E-state index in [0.717, 1.165) is 17.0 Å². The van der Waals surface area contributed by atoms with E-state index in [1.165, 1.54) is 11.6 Å². The fourth-order valence-corrected chi connectivity index (χ4v) is 2.85. The first kappa shape index (κ1) is 19.9. The summed E-state index contributed by atoms with van der Waals surface area (Å²) in [4.78, 5) is 6.21. The maximum absolute atomic E-state index is 13.9. The molecule has 0 fully saturated rings. The molecular formula is C19H29FN6. The molecule has 2 aromatic rings. The van der Waals surface area contributed by atoms with E-state index in [1.54, 1.807) is 13.1 Å². The molecule has 0 saturated carbocycles. The molecule has 1 aromatic carbocycles. The summed E-state index contributed by atoms with van der Waals surface area (Å²) in [6.45, 7) is 5.86. The molecule has 142 valence electrons. The average Bonchev–Trinajstić information content (AvgIpc) is 2.83. The summed E-state index contributed by atoms with van der Waals surface area (Å²) < 4.78 is 15.8. The van der Waals surface area contributed by atoms with Crippen LogP contribution >= 0.6 is 0 Å². The Labute approximate surface area is 155 Å². The van der Waals surface area contributed by atoms with Gasteiger partial charge in [0.15, 0.2) is 5.96 Å². The molecule has 0 atom stereocenters. The Morgan fingerprint density at radius 2 is 1.92 bits per heavy atom. The lowest BCUT2D eigenvalue weighted by Crippen LogP contribution is -2.36. The number of aliphatic imine (C=N–C) groups is 1. The van der Waals surface area contributed by atoms with Crippen LogP contribution in [0.2, 0.25) is 0 Å². The van der Waals surface area contributed by atoms with Gasteiger partial charge in [0.1, 0.15) is 5.82 Å². The lowest BCUT2D eigenvalue weighted by Gasteiger charge is -2.14. The highest BCUT2D eigenvalue weighted by molar-refractivity contribution is 5.79. The molecule has 1 heterocycles. The van der Waals surface area contributed by atoms with Crippen molar-refractivity contribution in [2.24, 2.45) is 12.0 Å². The number of nitrogens with one attached hydrogen (secondary N) is 2. The molecule has 1 aromatic heterocycles. The van der Waals surface area contributed by atoms with Gasteiger partial charge in [-0.05, 0) is 45.6 Å². The Morgan fingerprint density at radius 1 is 1.23 bits per heavy atom. The molecule has 0 unspecified atom stereocenters. The number of guanidine groups is 1. The number of rotatable bonds is 6. The summed E-state index contributed by atoms with van der Waals surface area (Å²) in [5.74, 6) is 0.527. The second kappa shape index (κ2) is 8.80. The van der Waals surface area contributed by atoms with Gasteiger partial charge in [-0.2, -0.15) is 5.10 Å². The largest absolute Gasteiger partial charge is 0.352 e. The fraction of sp³-hybridized carbons (Fsp3) is 0.474. The number of benzene rings is 1. The highest BCUT2D eigenvalue weighted by Crippen LogP contribution is 2.13. The molecule has 2 rings (SSSR count). The smallest absolute Gasteiger partial charge is 0.191 e. The van der Waals surface area contributed by atoms with E-state index in [-0.39, 0.29) is 5.82 Å². The van der Waals surface area contributed by atoms with Crippen LogP contribution in [0.1, 0.15) is 28.1 Å². The summed E-state index contributed by atoms with van der Waals surface area (Å²) in [6, 6.07) is 5.21. The molecule has 0 radical (unpaired) electrons. The van der Waals surface area contributed by atoms with Crippen molar-refractivity contribution < 1.29 is 4.39 Å². The van der Waals surface area contributed by atoms with E-state index in [9.17, 15) is 4.39 Å². The standard InChI is InChI=1S/C19H29FN6/c1-13-17(14(2)26(6)24-13)11-23-19(21-3)22-10-15-7-8-18(20)16(9-15)12-25(4)5/h7-9H,10-12H2,1-6H3,(H2,21,22,23). The topological polar surface area (TPSA) is 57.5 Å². The van der Waals surface area contributed by atoms with Crippen LogP contribution in [0.4, 0.5) is 4.39 Å². The normalized spacial score (nSPS) is 11.9. The van der Waals surface area contributed by atoms with Crippen molar-refractivity contribution in [3.63, 3.8) is 0 Å². The van der Waals surface area contributed by atoms with Gasteiger partial charge in [0.05, 0.1) is 5.69 Å². The molecule has 0 bridgehead atoms. The number of aromatic nitrogens is 2. The molecule has 6 nitrogen and oxygen atoms in total. The minimum Gasteiger partial charge on any atom is -0.352 e. The SMILES string of the molecule is CN=C(NCc1ccc(F)c(CN(C)C)c1)NCc1c(C)nn(C)c1C. The number of nitrogens with zero attached hydrogens (tertiary/aromatic N) is 4. The average molecular weight is 360 g/mol. The van der Waals surface area contributed by atoms with Crippen LogP contribution in [0.25, 0.3) is 0 Å². The van der Waals surface area contributed by atoms with Gasteiger partial charge >= 0.3 is 0 Å². The van der Waals surface area contributed by atoms with Crippen LogP contribution in [0.5, 0.6) is 0 Å². The van der Waals surface area contributed by atoms with Crippen molar-refractivity contribution in [1.29, 1.82) is 0 Å². The van der Waals surface area contributed by atoms with Crippen molar-refractivity contribution in [2.45, 2.75) is 33.5 Å². The van der Waals surface area contributed by atoms with E-state index >= 15 is 0 Å². The lowest BCUT2D eigenvalue weighted by molar-refractivity contribution is 0.392. The maximum Gasteiger partial charge on any atom is 0.191 e. The first-order valence-electron chi connectivity index (χ1n) is 8.67. The molecule has 0 spiro atoms. The van der Waals surface area contributed by atoms with Gasteiger partial charge < -0.3 is 15.5 Å². The Balaban J connectivity index is 1.97. The van der Waals surface area contributed by atoms with E-state index in [2.05, 4.69) is 27.6 Å².